The van der Waals surface area contributed by atoms with Gasteiger partial charge in [-0.3, -0.25) is 4.90 Å². The summed E-state index contributed by atoms with van der Waals surface area (Å²) in [5.41, 5.74) is 6.39. The monoisotopic (exact) mass is 271 g/mol. The van der Waals surface area contributed by atoms with Gasteiger partial charge >= 0.3 is 0 Å². The number of hydrogen-bond acceptors (Lipinski definition) is 4. The maximum Gasteiger partial charge on any atom is 0.0562 e. The standard InChI is InChI=1S/C12H18ClN3S/c13-11-9-10(14)1-2-12(11)17-8-7-16-5-3-15-4-6-16/h1-2,9,15H,3-8,14H2. The molecule has 2 rings (SSSR count). The number of nitrogen functional groups attached to an aromatic ring is 1. The maximum atomic E-state index is 6.13. The lowest BCUT2D eigenvalue weighted by molar-refractivity contribution is 0.255. The molecule has 1 aliphatic heterocycles. The van der Waals surface area contributed by atoms with Gasteiger partial charge in [-0.15, -0.1) is 11.8 Å². The number of nitrogens with zero attached hydrogens (tertiary/aromatic N) is 1. The van der Waals surface area contributed by atoms with Gasteiger partial charge in [-0.05, 0) is 18.2 Å². The molecule has 1 fully saturated rings. The lowest BCUT2D eigenvalue weighted by Crippen LogP contribution is -2.44. The van der Waals surface area contributed by atoms with E-state index in [1.54, 1.807) is 11.8 Å². The fraction of sp³-hybridized carbons (Fsp3) is 0.500. The Morgan fingerprint density at radius 1 is 1.35 bits per heavy atom. The number of halogens is 1. The molecule has 1 aliphatic rings. The first-order chi connectivity index (χ1) is 8.25. The number of benzene rings is 1. The Morgan fingerprint density at radius 2 is 2.12 bits per heavy atom. The van der Waals surface area contributed by atoms with Crippen LogP contribution in [0.4, 0.5) is 5.69 Å². The number of nitrogens with one attached hydrogen (secondary N) is 1. The summed E-state index contributed by atoms with van der Waals surface area (Å²) in [5, 5.41) is 4.11. The second-order valence-corrected chi connectivity index (χ2v) is 5.67. The molecule has 1 heterocycles. The zero-order chi connectivity index (χ0) is 12.1. The molecule has 17 heavy (non-hydrogen) atoms. The molecule has 0 bridgehead atoms. The molecular formula is C12H18ClN3S. The Bertz CT molecular complexity index is 367. The molecule has 3 nitrogen and oxygen atoms in total. The second kappa shape index (κ2) is 6.50. The zero-order valence-corrected chi connectivity index (χ0v) is 11.4. The van der Waals surface area contributed by atoms with Crippen molar-refractivity contribution >= 4 is 29.1 Å². The van der Waals surface area contributed by atoms with Crippen LogP contribution < -0.4 is 11.1 Å². The molecule has 0 saturated carbocycles. The summed E-state index contributed by atoms with van der Waals surface area (Å²) in [6.45, 7) is 5.62. The normalized spacial score (nSPS) is 17.2. The van der Waals surface area contributed by atoms with Crippen LogP contribution in [0, 0.1) is 0 Å². The molecule has 0 atom stereocenters. The first kappa shape index (κ1) is 13.0. The molecule has 1 aromatic rings. The summed E-state index contributed by atoms with van der Waals surface area (Å²) in [7, 11) is 0. The topological polar surface area (TPSA) is 41.3 Å². The highest BCUT2D eigenvalue weighted by Gasteiger charge is 2.09. The van der Waals surface area contributed by atoms with Crippen LogP contribution in [0.1, 0.15) is 0 Å². The van der Waals surface area contributed by atoms with E-state index in [0.717, 1.165) is 54.1 Å². The molecule has 0 unspecified atom stereocenters. The third kappa shape index (κ3) is 4.07. The van der Waals surface area contributed by atoms with Crippen molar-refractivity contribution in [3.8, 4) is 0 Å². The van der Waals surface area contributed by atoms with Gasteiger partial charge in [0.05, 0.1) is 5.02 Å². The highest BCUT2D eigenvalue weighted by molar-refractivity contribution is 7.99. The molecule has 0 spiro atoms. The maximum absolute atomic E-state index is 6.13. The van der Waals surface area contributed by atoms with Crippen molar-refractivity contribution in [3.63, 3.8) is 0 Å². The number of hydrogen-bond donors (Lipinski definition) is 2. The van der Waals surface area contributed by atoms with Gasteiger partial charge in [-0.1, -0.05) is 11.6 Å². The Morgan fingerprint density at radius 3 is 2.82 bits per heavy atom. The van der Waals surface area contributed by atoms with Crippen LogP contribution in [0.5, 0.6) is 0 Å². The van der Waals surface area contributed by atoms with E-state index in [4.69, 9.17) is 17.3 Å². The fourth-order valence-electron chi connectivity index (χ4n) is 1.85. The average Bonchev–Trinajstić information content (AvgIpc) is 2.33. The van der Waals surface area contributed by atoms with Crippen LogP contribution in [0.3, 0.4) is 0 Å². The van der Waals surface area contributed by atoms with Crippen LogP contribution in [0.2, 0.25) is 5.02 Å². The zero-order valence-electron chi connectivity index (χ0n) is 9.79. The smallest absolute Gasteiger partial charge is 0.0562 e. The van der Waals surface area contributed by atoms with Crippen molar-refractivity contribution in [1.29, 1.82) is 0 Å². The van der Waals surface area contributed by atoms with Gasteiger partial charge in [0.25, 0.3) is 0 Å². The van der Waals surface area contributed by atoms with Crippen molar-refractivity contribution in [2.75, 3.05) is 44.2 Å². The first-order valence-corrected chi connectivity index (χ1v) is 7.23. The van der Waals surface area contributed by atoms with Crippen LogP contribution in [-0.4, -0.2) is 43.4 Å². The van der Waals surface area contributed by atoms with E-state index in [1.807, 2.05) is 18.2 Å². The molecule has 0 aliphatic carbocycles. The highest BCUT2D eigenvalue weighted by Crippen LogP contribution is 2.28. The van der Waals surface area contributed by atoms with Crippen molar-refractivity contribution in [2.24, 2.45) is 0 Å². The van der Waals surface area contributed by atoms with Crippen molar-refractivity contribution < 1.29 is 0 Å². The molecule has 3 N–H and O–H groups in total. The molecule has 1 saturated heterocycles. The summed E-state index contributed by atoms with van der Waals surface area (Å²) < 4.78 is 0. The van der Waals surface area contributed by atoms with E-state index in [-0.39, 0.29) is 0 Å². The molecular weight excluding hydrogens is 254 g/mol. The van der Waals surface area contributed by atoms with Gasteiger partial charge < -0.3 is 11.1 Å². The third-order valence-electron chi connectivity index (χ3n) is 2.83. The lowest BCUT2D eigenvalue weighted by atomic mass is 10.3. The predicted octanol–water partition coefficient (Wildman–Crippen LogP) is 1.92. The van der Waals surface area contributed by atoms with Crippen molar-refractivity contribution in [3.05, 3.63) is 23.2 Å². The number of nitrogens with two attached hydrogens (primary N) is 1. The fourth-order valence-corrected chi connectivity index (χ4v) is 3.14. The van der Waals surface area contributed by atoms with Crippen LogP contribution >= 0.6 is 23.4 Å². The number of anilines is 1. The Kier molecular flexibility index (Phi) is 4.98. The summed E-state index contributed by atoms with van der Waals surface area (Å²) in [6.07, 6.45) is 0. The van der Waals surface area contributed by atoms with Crippen molar-refractivity contribution in [2.45, 2.75) is 4.90 Å². The second-order valence-electron chi connectivity index (χ2n) is 4.13. The molecule has 0 amide bonds. The van der Waals surface area contributed by atoms with Gasteiger partial charge in [0.2, 0.25) is 0 Å². The third-order valence-corrected chi connectivity index (χ3v) is 4.31. The molecule has 0 radical (unpaired) electrons. The number of thioether (sulfide) groups is 1. The van der Waals surface area contributed by atoms with Gasteiger partial charge in [0.1, 0.15) is 0 Å². The van der Waals surface area contributed by atoms with E-state index in [1.165, 1.54) is 0 Å². The molecule has 5 heteroatoms. The minimum atomic E-state index is 0.724. The van der Waals surface area contributed by atoms with Crippen LogP contribution in [0.15, 0.2) is 23.1 Å². The van der Waals surface area contributed by atoms with Gasteiger partial charge in [-0.2, -0.15) is 0 Å². The Hall–Kier alpha value is -0.420. The summed E-state index contributed by atoms with van der Waals surface area (Å²) >= 11 is 7.93. The van der Waals surface area contributed by atoms with E-state index in [2.05, 4.69) is 10.2 Å². The number of piperazine rings is 1. The molecule has 1 aromatic carbocycles. The Labute approximate surface area is 112 Å². The van der Waals surface area contributed by atoms with E-state index in [9.17, 15) is 0 Å². The molecule has 94 valence electrons. The van der Waals surface area contributed by atoms with E-state index >= 15 is 0 Å². The van der Waals surface area contributed by atoms with E-state index in [0.29, 0.717) is 0 Å². The first-order valence-electron chi connectivity index (χ1n) is 5.86. The SMILES string of the molecule is Nc1ccc(SCCN2CCNCC2)c(Cl)c1. The highest BCUT2D eigenvalue weighted by atomic mass is 35.5. The van der Waals surface area contributed by atoms with Gasteiger partial charge in [0.15, 0.2) is 0 Å². The summed E-state index contributed by atoms with van der Waals surface area (Å²) in [5.74, 6) is 1.07. The quantitative estimate of drug-likeness (QED) is 0.649. The number of rotatable bonds is 4. The summed E-state index contributed by atoms with van der Waals surface area (Å²) in [6, 6.07) is 5.72. The van der Waals surface area contributed by atoms with Crippen LogP contribution in [-0.2, 0) is 0 Å². The minimum absolute atomic E-state index is 0.724. The predicted molar refractivity (Wildman–Crippen MR) is 75.9 cm³/mol. The summed E-state index contributed by atoms with van der Waals surface area (Å²) in [4.78, 5) is 3.60. The molecule has 0 aromatic heterocycles. The van der Waals surface area contributed by atoms with Crippen LogP contribution in [0.25, 0.3) is 0 Å². The minimum Gasteiger partial charge on any atom is -0.399 e. The van der Waals surface area contributed by atoms with E-state index < -0.39 is 0 Å². The lowest BCUT2D eigenvalue weighted by Gasteiger charge is -2.26. The largest absolute Gasteiger partial charge is 0.399 e. The Balaban J connectivity index is 1.77. The van der Waals surface area contributed by atoms with Gasteiger partial charge in [-0.25, -0.2) is 0 Å². The van der Waals surface area contributed by atoms with Crippen molar-refractivity contribution in [1.82, 2.24) is 10.2 Å². The average molecular weight is 272 g/mol. The van der Waals surface area contributed by atoms with Gasteiger partial charge in [0, 0.05) is 49.1 Å².